The van der Waals surface area contributed by atoms with Crippen molar-refractivity contribution in [2.75, 3.05) is 10.6 Å². The Balaban J connectivity index is 1.66. The predicted molar refractivity (Wildman–Crippen MR) is 120 cm³/mol. The molecular weight excluding hydrogens is 384 g/mol. The molecule has 2 N–H and O–H groups in total. The summed E-state index contributed by atoms with van der Waals surface area (Å²) in [5.41, 5.74) is 5.40. The third-order valence-corrected chi connectivity index (χ3v) is 5.30. The van der Waals surface area contributed by atoms with Crippen LogP contribution in [-0.2, 0) is 13.0 Å². The van der Waals surface area contributed by atoms with Crippen molar-refractivity contribution in [3.8, 4) is 0 Å². The number of unbranched alkanes of at least 4 members (excludes halogenated alkanes) is 1. The molecule has 29 heavy (non-hydrogen) atoms. The van der Waals surface area contributed by atoms with Crippen LogP contribution < -0.4 is 10.6 Å². The maximum absolute atomic E-state index is 12.5. The van der Waals surface area contributed by atoms with Crippen molar-refractivity contribution in [1.82, 2.24) is 9.78 Å². The molecule has 0 aliphatic carbocycles. The van der Waals surface area contributed by atoms with E-state index in [0.29, 0.717) is 17.3 Å². The number of halogens is 1. The molecular formula is C23H27ClN4O. The fraction of sp³-hybridized carbons (Fsp3) is 0.304. The lowest BCUT2D eigenvalue weighted by molar-refractivity contribution is 0.262. The first-order chi connectivity index (χ1) is 14.0. The Kier molecular flexibility index (Phi) is 6.94. The van der Waals surface area contributed by atoms with Gasteiger partial charge in [0.15, 0.2) is 0 Å². The maximum Gasteiger partial charge on any atom is 0.323 e. The highest BCUT2D eigenvalue weighted by atomic mass is 35.5. The molecule has 6 heteroatoms. The minimum Gasteiger partial charge on any atom is -0.308 e. The van der Waals surface area contributed by atoms with E-state index in [4.69, 9.17) is 11.6 Å². The summed E-state index contributed by atoms with van der Waals surface area (Å²) in [6, 6.07) is 15.4. The average Bonchev–Trinajstić information content (AvgIpc) is 2.96. The largest absolute Gasteiger partial charge is 0.323 e. The van der Waals surface area contributed by atoms with Crippen LogP contribution in [0.4, 0.5) is 16.2 Å². The fourth-order valence-electron chi connectivity index (χ4n) is 3.23. The van der Waals surface area contributed by atoms with Gasteiger partial charge in [-0.3, -0.25) is 4.68 Å². The Labute approximate surface area is 177 Å². The van der Waals surface area contributed by atoms with Crippen LogP contribution >= 0.6 is 11.6 Å². The quantitative estimate of drug-likeness (QED) is 0.488. The van der Waals surface area contributed by atoms with Gasteiger partial charge in [0.25, 0.3) is 0 Å². The molecule has 0 aliphatic heterocycles. The zero-order chi connectivity index (χ0) is 20.8. The highest BCUT2D eigenvalue weighted by Crippen LogP contribution is 2.23. The number of hydrogen-bond acceptors (Lipinski definition) is 2. The van der Waals surface area contributed by atoms with Gasteiger partial charge in [-0.25, -0.2) is 4.79 Å². The topological polar surface area (TPSA) is 59.0 Å². The lowest BCUT2D eigenvalue weighted by Gasteiger charge is -2.10. The van der Waals surface area contributed by atoms with Gasteiger partial charge in [0.05, 0.1) is 23.6 Å². The van der Waals surface area contributed by atoms with E-state index < -0.39 is 0 Å². The van der Waals surface area contributed by atoms with Crippen LogP contribution in [0.2, 0.25) is 5.02 Å². The van der Waals surface area contributed by atoms with Crippen LogP contribution in [0, 0.1) is 13.8 Å². The van der Waals surface area contributed by atoms with Gasteiger partial charge in [-0.05, 0) is 56.0 Å². The third kappa shape index (κ3) is 5.39. The van der Waals surface area contributed by atoms with Gasteiger partial charge < -0.3 is 10.6 Å². The molecule has 2 amide bonds. The summed E-state index contributed by atoms with van der Waals surface area (Å²) in [7, 11) is 0. The highest BCUT2D eigenvalue weighted by molar-refractivity contribution is 6.31. The van der Waals surface area contributed by atoms with E-state index in [2.05, 4.69) is 34.8 Å². The molecule has 1 heterocycles. The summed E-state index contributed by atoms with van der Waals surface area (Å²) in [6.07, 6.45) is 3.40. The molecule has 1 aromatic heterocycles. The molecule has 2 aromatic carbocycles. The minimum atomic E-state index is -0.283. The minimum absolute atomic E-state index is 0.283. The van der Waals surface area contributed by atoms with Crippen LogP contribution in [-0.4, -0.2) is 15.8 Å². The molecule has 0 radical (unpaired) electrons. The van der Waals surface area contributed by atoms with Crippen LogP contribution in [0.1, 0.15) is 42.3 Å². The number of hydrogen-bond donors (Lipinski definition) is 2. The fourth-order valence-corrected chi connectivity index (χ4v) is 3.43. The van der Waals surface area contributed by atoms with Gasteiger partial charge in [0.1, 0.15) is 0 Å². The zero-order valence-electron chi connectivity index (χ0n) is 17.1. The summed E-state index contributed by atoms with van der Waals surface area (Å²) in [6.45, 7) is 6.55. The SMILES string of the molecule is CCCCc1ccc(NC(=O)Nc2c(C)nn(Cc3ccccc3Cl)c2C)cc1. The second kappa shape index (κ2) is 9.61. The molecule has 0 aliphatic rings. The van der Waals surface area contributed by atoms with E-state index in [-0.39, 0.29) is 6.03 Å². The van der Waals surface area contributed by atoms with Gasteiger partial charge in [0.2, 0.25) is 0 Å². The number of amides is 2. The van der Waals surface area contributed by atoms with Gasteiger partial charge in [-0.1, -0.05) is 55.3 Å². The molecule has 3 aromatic rings. The first kappa shape index (κ1) is 20.9. The van der Waals surface area contributed by atoms with Crippen molar-refractivity contribution in [2.45, 2.75) is 46.6 Å². The number of nitrogens with zero attached hydrogens (tertiary/aromatic N) is 2. The van der Waals surface area contributed by atoms with E-state index >= 15 is 0 Å². The number of carbonyl (C=O) groups excluding carboxylic acids is 1. The number of urea groups is 1. The molecule has 5 nitrogen and oxygen atoms in total. The van der Waals surface area contributed by atoms with E-state index in [1.54, 1.807) is 0 Å². The zero-order valence-corrected chi connectivity index (χ0v) is 17.9. The number of carbonyl (C=O) groups is 1. The van der Waals surface area contributed by atoms with Crippen molar-refractivity contribution in [1.29, 1.82) is 0 Å². The molecule has 0 bridgehead atoms. The lowest BCUT2D eigenvalue weighted by Crippen LogP contribution is -2.20. The number of benzene rings is 2. The van der Waals surface area contributed by atoms with E-state index in [1.165, 1.54) is 18.4 Å². The van der Waals surface area contributed by atoms with Gasteiger partial charge in [0, 0.05) is 10.7 Å². The van der Waals surface area contributed by atoms with Crippen molar-refractivity contribution in [3.05, 3.63) is 76.1 Å². The van der Waals surface area contributed by atoms with Crippen LogP contribution in [0.3, 0.4) is 0 Å². The first-order valence-electron chi connectivity index (χ1n) is 9.92. The van der Waals surface area contributed by atoms with E-state index in [1.807, 2.05) is 54.9 Å². The molecule has 0 fully saturated rings. The normalized spacial score (nSPS) is 10.8. The van der Waals surface area contributed by atoms with Gasteiger partial charge >= 0.3 is 6.03 Å². The molecule has 0 saturated heterocycles. The van der Waals surface area contributed by atoms with Crippen molar-refractivity contribution in [2.24, 2.45) is 0 Å². The molecule has 0 atom stereocenters. The average molecular weight is 411 g/mol. The maximum atomic E-state index is 12.5. The standard InChI is InChI=1S/C23H27ClN4O/c1-4-5-8-18-11-13-20(14-12-18)25-23(29)26-22-16(2)27-28(17(22)3)15-19-9-6-7-10-21(19)24/h6-7,9-14H,4-5,8,15H2,1-3H3,(H2,25,26,29). The summed E-state index contributed by atoms with van der Waals surface area (Å²) in [4.78, 5) is 12.5. The summed E-state index contributed by atoms with van der Waals surface area (Å²) >= 11 is 6.27. The summed E-state index contributed by atoms with van der Waals surface area (Å²) in [5.74, 6) is 0. The van der Waals surface area contributed by atoms with Crippen molar-refractivity contribution >= 4 is 29.0 Å². The Hall–Kier alpha value is -2.79. The number of aryl methyl sites for hydroxylation is 2. The monoisotopic (exact) mass is 410 g/mol. The second-order valence-corrected chi connectivity index (χ2v) is 7.58. The molecule has 0 unspecified atom stereocenters. The lowest BCUT2D eigenvalue weighted by atomic mass is 10.1. The number of aromatic nitrogens is 2. The van der Waals surface area contributed by atoms with Crippen molar-refractivity contribution < 1.29 is 4.79 Å². The number of anilines is 2. The summed E-state index contributed by atoms with van der Waals surface area (Å²) in [5, 5.41) is 11.1. The first-order valence-corrected chi connectivity index (χ1v) is 10.3. The van der Waals surface area contributed by atoms with Crippen LogP contribution in [0.15, 0.2) is 48.5 Å². The Bertz CT molecular complexity index is 979. The van der Waals surface area contributed by atoms with Gasteiger partial charge in [-0.15, -0.1) is 0 Å². The smallest absolute Gasteiger partial charge is 0.308 e. The number of nitrogens with one attached hydrogen (secondary N) is 2. The Morgan fingerprint density at radius 2 is 1.79 bits per heavy atom. The van der Waals surface area contributed by atoms with Crippen molar-refractivity contribution in [3.63, 3.8) is 0 Å². The predicted octanol–water partition coefficient (Wildman–Crippen LogP) is 6.19. The molecule has 0 spiro atoms. The second-order valence-electron chi connectivity index (χ2n) is 7.17. The van der Waals surface area contributed by atoms with Crippen LogP contribution in [0.5, 0.6) is 0 Å². The molecule has 152 valence electrons. The Morgan fingerprint density at radius 1 is 1.07 bits per heavy atom. The third-order valence-electron chi connectivity index (χ3n) is 4.93. The summed E-state index contributed by atoms with van der Waals surface area (Å²) < 4.78 is 1.86. The van der Waals surface area contributed by atoms with E-state index in [9.17, 15) is 4.79 Å². The Morgan fingerprint density at radius 3 is 2.48 bits per heavy atom. The highest BCUT2D eigenvalue weighted by Gasteiger charge is 2.15. The number of rotatable bonds is 7. The van der Waals surface area contributed by atoms with E-state index in [0.717, 1.165) is 29.1 Å². The van der Waals surface area contributed by atoms with Crippen LogP contribution in [0.25, 0.3) is 0 Å². The van der Waals surface area contributed by atoms with Gasteiger partial charge in [-0.2, -0.15) is 5.10 Å². The molecule has 0 saturated carbocycles. The molecule has 3 rings (SSSR count).